The number of nitrogens with one attached hydrogen (secondary N) is 2. The molecule has 0 aliphatic rings. The maximum atomic E-state index is 14.3. The number of ether oxygens (including phenoxy) is 1. The first-order valence-electron chi connectivity index (χ1n) is 11.5. The highest BCUT2D eigenvalue weighted by Gasteiger charge is 2.35. The Kier molecular flexibility index (Phi) is 8.82. The summed E-state index contributed by atoms with van der Waals surface area (Å²) < 4.78 is 19.6. The molecule has 3 amide bonds. The van der Waals surface area contributed by atoms with Crippen molar-refractivity contribution in [3.8, 4) is 5.75 Å². The Bertz CT molecular complexity index is 1210. The van der Waals surface area contributed by atoms with Gasteiger partial charge in [-0.3, -0.25) is 19.3 Å². The summed E-state index contributed by atoms with van der Waals surface area (Å²) in [5.74, 6) is -1.50. The fourth-order valence-corrected chi connectivity index (χ4v) is 4.16. The molecule has 3 aromatic rings. The molecule has 190 valence electrons. The monoisotopic (exact) mass is 511 g/mol. The maximum absolute atomic E-state index is 14.3. The van der Waals surface area contributed by atoms with Gasteiger partial charge in [0.25, 0.3) is 5.91 Å². The summed E-state index contributed by atoms with van der Waals surface area (Å²) in [5, 5.41) is 7.36. The molecular formula is C27H30FN3O4S. The van der Waals surface area contributed by atoms with Crippen LogP contribution in [0.25, 0.3) is 0 Å². The lowest BCUT2D eigenvalue weighted by Crippen LogP contribution is -2.52. The molecule has 7 nitrogen and oxygen atoms in total. The molecule has 3 rings (SSSR count). The van der Waals surface area contributed by atoms with Gasteiger partial charge in [0.1, 0.15) is 17.6 Å². The number of anilines is 1. The van der Waals surface area contributed by atoms with E-state index in [1.165, 1.54) is 41.5 Å². The molecule has 2 aromatic carbocycles. The summed E-state index contributed by atoms with van der Waals surface area (Å²) in [4.78, 5) is 41.5. The Morgan fingerprint density at radius 2 is 1.83 bits per heavy atom. The summed E-state index contributed by atoms with van der Waals surface area (Å²) in [6.45, 7) is 5.31. The van der Waals surface area contributed by atoms with E-state index in [2.05, 4.69) is 10.6 Å². The highest BCUT2D eigenvalue weighted by Crippen LogP contribution is 2.31. The summed E-state index contributed by atoms with van der Waals surface area (Å²) in [6.07, 6.45) is 0.647. The molecule has 0 radical (unpaired) electrons. The Labute approximate surface area is 214 Å². The Morgan fingerprint density at radius 1 is 1.08 bits per heavy atom. The number of nitrogens with zero attached hydrogens (tertiary/aromatic N) is 1. The summed E-state index contributed by atoms with van der Waals surface area (Å²) in [6, 6.07) is 14.5. The van der Waals surface area contributed by atoms with Gasteiger partial charge in [-0.15, -0.1) is 11.3 Å². The lowest BCUT2D eigenvalue weighted by Gasteiger charge is -2.34. The van der Waals surface area contributed by atoms with Gasteiger partial charge in [0.15, 0.2) is 0 Å². The van der Waals surface area contributed by atoms with E-state index < -0.39 is 41.7 Å². The van der Waals surface area contributed by atoms with Crippen LogP contribution < -0.4 is 20.3 Å². The zero-order chi connectivity index (χ0) is 26.3. The van der Waals surface area contributed by atoms with E-state index in [1.807, 2.05) is 20.8 Å². The average molecular weight is 512 g/mol. The van der Waals surface area contributed by atoms with Crippen LogP contribution in [0.1, 0.15) is 48.5 Å². The van der Waals surface area contributed by atoms with Crippen LogP contribution in [0, 0.1) is 5.82 Å². The van der Waals surface area contributed by atoms with Crippen molar-refractivity contribution in [2.45, 2.75) is 38.8 Å². The normalized spacial score (nSPS) is 11.9. The molecule has 0 unspecified atom stereocenters. The summed E-state index contributed by atoms with van der Waals surface area (Å²) >= 11 is 1.25. The fourth-order valence-electron chi connectivity index (χ4n) is 3.52. The van der Waals surface area contributed by atoms with Gasteiger partial charge in [0.2, 0.25) is 11.8 Å². The molecule has 0 aliphatic heterocycles. The van der Waals surface area contributed by atoms with Crippen LogP contribution in [0.5, 0.6) is 5.75 Å². The van der Waals surface area contributed by atoms with E-state index in [-0.39, 0.29) is 5.69 Å². The quantitative estimate of drug-likeness (QED) is 0.413. The first-order chi connectivity index (χ1) is 17.1. The van der Waals surface area contributed by atoms with E-state index >= 15 is 0 Å². The molecule has 36 heavy (non-hydrogen) atoms. The van der Waals surface area contributed by atoms with Crippen LogP contribution >= 0.6 is 11.3 Å². The molecule has 0 saturated heterocycles. The van der Waals surface area contributed by atoms with Crippen molar-refractivity contribution < 1.29 is 23.5 Å². The van der Waals surface area contributed by atoms with Gasteiger partial charge < -0.3 is 15.4 Å². The zero-order valence-electron chi connectivity index (χ0n) is 20.7. The molecule has 0 aliphatic carbocycles. The second-order valence-electron chi connectivity index (χ2n) is 8.81. The van der Waals surface area contributed by atoms with E-state index in [0.29, 0.717) is 22.6 Å². The number of benzene rings is 2. The van der Waals surface area contributed by atoms with Crippen LogP contribution in [-0.4, -0.2) is 36.9 Å². The van der Waals surface area contributed by atoms with E-state index in [1.54, 1.807) is 47.8 Å². The van der Waals surface area contributed by atoms with Gasteiger partial charge in [0.05, 0.1) is 18.5 Å². The average Bonchev–Trinajstić information content (AvgIpc) is 3.40. The predicted octanol–water partition coefficient (Wildman–Crippen LogP) is 4.70. The zero-order valence-corrected chi connectivity index (χ0v) is 21.5. The number of methoxy groups -OCH3 is 1. The van der Waals surface area contributed by atoms with Crippen molar-refractivity contribution in [1.29, 1.82) is 0 Å². The van der Waals surface area contributed by atoms with Crippen LogP contribution in [0.4, 0.5) is 10.1 Å². The SMILES string of the molecule is CCC(C)(C)NC(=O)[C@H](c1cccc(OC)c1)N(C(=O)CNC(=O)c1cccs1)c1cccc(F)c1. The van der Waals surface area contributed by atoms with Gasteiger partial charge in [-0.2, -0.15) is 0 Å². The van der Waals surface area contributed by atoms with Crippen molar-refractivity contribution in [2.75, 3.05) is 18.6 Å². The fraction of sp³-hybridized carbons (Fsp3) is 0.296. The van der Waals surface area contributed by atoms with Gasteiger partial charge in [0, 0.05) is 11.2 Å². The largest absolute Gasteiger partial charge is 0.497 e. The number of hydrogen-bond donors (Lipinski definition) is 2. The summed E-state index contributed by atoms with van der Waals surface area (Å²) in [7, 11) is 1.50. The van der Waals surface area contributed by atoms with Crippen molar-refractivity contribution in [2.24, 2.45) is 0 Å². The smallest absolute Gasteiger partial charge is 0.261 e. The predicted molar refractivity (Wildman–Crippen MR) is 139 cm³/mol. The number of amides is 3. The van der Waals surface area contributed by atoms with Gasteiger partial charge in [-0.25, -0.2) is 4.39 Å². The Morgan fingerprint density at radius 3 is 2.47 bits per heavy atom. The van der Waals surface area contributed by atoms with E-state index in [9.17, 15) is 18.8 Å². The van der Waals surface area contributed by atoms with Crippen molar-refractivity contribution in [1.82, 2.24) is 10.6 Å². The number of halogens is 1. The molecule has 1 heterocycles. The molecule has 1 atom stereocenters. The van der Waals surface area contributed by atoms with Crippen LogP contribution in [0.15, 0.2) is 66.0 Å². The second-order valence-corrected chi connectivity index (χ2v) is 9.76. The molecule has 0 spiro atoms. The highest BCUT2D eigenvalue weighted by molar-refractivity contribution is 7.12. The summed E-state index contributed by atoms with van der Waals surface area (Å²) in [5.41, 5.74) is 0.0988. The third kappa shape index (κ3) is 6.69. The van der Waals surface area contributed by atoms with Crippen LogP contribution in [-0.2, 0) is 9.59 Å². The van der Waals surface area contributed by atoms with Gasteiger partial charge in [-0.1, -0.05) is 31.2 Å². The van der Waals surface area contributed by atoms with E-state index in [4.69, 9.17) is 4.74 Å². The lowest BCUT2D eigenvalue weighted by atomic mass is 9.98. The highest BCUT2D eigenvalue weighted by atomic mass is 32.1. The number of carbonyl (C=O) groups excluding carboxylic acids is 3. The number of hydrogen-bond acceptors (Lipinski definition) is 5. The minimum absolute atomic E-state index is 0.183. The molecule has 0 bridgehead atoms. The maximum Gasteiger partial charge on any atom is 0.261 e. The number of rotatable bonds is 10. The Balaban J connectivity index is 2.06. The number of carbonyl (C=O) groups is 3. The standard InChI is InChI=1S/C27H30FN3O4S/c1-5-27(2,3)30-26(34)24(18-9-6-12-21(15-18)35-4)31(20-11-7-10-19(28)16-20)23(32)17-29-25(33)22-13-8-14-36-22/h6-16,24H,5,17H2,1-4H3,(H,29,33)(H,30,34)/t24-/m0/s1. The first kappa shape index (κ1) is 26.9. The van der Waals surface area contributed by atoms with Gasteiger partial charge >= 0.3 is 0 Å². The number of thiophene rings is 1. The van der Waals surface area contributed by atoms with Crippen LogP contribution in [0.3, 0.4) is 0 Å². The minimum atomic E-state index is -1.15. The minimum Gasteiger partial charge on any atom is -0.497 e. The topological polar surface area (TPSA) is 87.7 Å². The van der Waals surface area contributed by atoms with E-state index in [0.717, 1.165) is 0 Å². The van der Waals surface area contributed by atoms with Crippen LogP contribution in [0.2, 0.25) is 0 Å². The lowest BCUT2D eigenvalue weighted by molar-refractivity contribution is -0.127. The van der Waals surface area contributed by atoms with Crippen molar-refractivity contribution >= 4 is 34.7 Å². The molecular weight excluding hydrogens is 481 g/mol. The third-order valence-corrected chi connectivity index (χ3v) is 6.63. The Hall–Kier alpha value is -3.72. The molecule has 0 fully saturated rings. The van der Waals surface area contributed by atoms with Crippen molar-refractivity contribution in [3.63, 3.8) is 0 Å². The van der Waals surface area contributed by atoms with Gasteiger partial charge in [-0.05, 0) is 67.6 Å². The molecule has 0 saturated carbocycles. The molecule has 9 heteroatoms. The second kappa shape index (κ2) is 11.8. The third-order valence-electron chi connectivity index (χ3n) is 5.76. The first-order valence-corrected chi connectivity index (χ1v) is 12.4. The molecule has 2 N–H and O–H groups in total. The van der Waals surface area contributed by atoms with Crippen molar-refractivity contribution in [3.05, 3.63) is 82.3 Å². The molecule has 1 aromatic heterocycles.